The first-order valence-corrected chi connectivity index (χ1v) is 6.27. The van der Waals surface area contributed by atoms with Crippen molar-refractivity contribution < 1.29 is 0 Å². The number of likely N-dealkylation sites (tertiary alicyclic amines) is 1. The number of rotatable bonds is 3. The molecule has 2 heterocycles. The standard InChI is InChI=1S/C11H17N3S/c12-11(13)10-1-4-14(5-2-10)7-9-3-6-15-8-9/h3,6,8,10H,1-2,4-5,7H2,(H3,12,13). The molecule has 3 N–H and O–H groups in total. The van der Waals surface area contributed by atoms with Gasteiger partial charge in [0.25, 0.3) is 0 Å². The van der Waals surface area contributed by atoms with E-state index in [4.69, 9.17) is 11.1 Å². The van der Waals surface area contributed by atoms with Crippen LogP contribution in [0.3, 0.4) is 0 Å². The molecule has 1 aliphatic heterocycles. The van der Waals surface area contributed by atoms with Gasteiger partial charge in [-0.05, 0) is 48.3 Å². The quantitative estimate of drug-likeness (QED) is 0.607. The Morgan fingerprint density at radius 1 is 1.53 bits per heavy atom. The maximum Gasteiger partial charge on any atom is 0.0937 e. The summed E-state index contributed by atoms with van der Waals surface area (Å²) in [7, 11) is 0. The topological polar surface area (TPSA) is 53.1 Å². The fraction of sp³-hybridized carbons (Fsp3) is 0.545. The van der Waals surface area contributed by atoms with Gasteiger partial charge in [0.2, 0.25) is 0 Å². The number of hydrogen-bond acceptors (Lipinski definition) is 3. The lowest BCUT2D eigenvalue weighted by Crippen LogP contribution is -2.37. The maximum atomic E-state index is 7.41. The van der Waals surface area contributed by atoms with Gasteiger partial charge in [0.1, 0.15) is 0 Å². The van der Waals surface area contributed by atoms with E-state index in [0.717, 1.165) is 32.5 Å². The Bertz CT molecular complexity index is 313. The largest absolute Gasteiger partial charge is 0.387 e. The minimum absolute atomic E-state index is 0.323. The monoisotopic (exact) mass is 223 g/mol. The zero-order chi connectivity index (χ0) is 10.7. The van der Waals surface area contributed by atoms with Gasteiger partial charge in [-0.3, -0.25) is 10.3 Å². The summed E-state index contributed by atoms with van der Waals surface area (Å²) in [5.41, 5.74) is 6.92. The molecule has 0 saturated carbocycles. The van der Waals surface area contributed by atoms with Gasteiger partial charge in [0.15, 0.2) is 0 Å². The summed E-state index contributed by atoms with van der Waals surface area (Å²) < 4.78 is 0. The number of amidine groups is 1. The van der Waals surface area contributed by atoms with Gasteiger partial charge >= 0.3 is 0 Å². The molecule has 0 bridgehead atoms. The highest BCUT2D eigenvalue weighted by atomic mass is 32.1. The molecule has 0 aliphatic carbocycles. The fourth-order valence-corrected chi connectivity index (χ4v) is 2.70. The van der Waals surface area contributed by atoms with Crippen molar-refractivity contribution in [2.75, 3.05) is 13.1 Å². The van der Waals surface area contributed by atoms with Crippen LogP contribution in [0, 0.1) is 11.3 Å². The average Bonchev–Trinajstić information content (AvgIpc) is 2.71. The van der Waals surface area contributed by atoms with Gasteiger partial charge in [-0.1, -0.05) is 0 Å². The molecule has 0 atom stereocenters. The van der Waals surface area contributed by atoms with Gasteiger partial charge in [-0.25, -0.2) is 0 Å². The van der Waals surface area contributed by atoms with Crippen molar-refractivity contribution in [3.8, 4) is 0 Å². The molecule has 1 aromatic rings. The number of piperidine rings is 1. The average molecular weight is 223 g/mol. The number of thiophene rings is 1. The maximum absolute atomic E-state index is 7.41. The van der Waals surface area contributed by atoms with Crippen molar-refractivity contribution in [2.24, 2.45) is 11.7 Å². The summed E-state index contributed by atoms with van der Waals surface area (Å²) >= 11 is 1.75. The lowest BCUT2D eigenvalue weighted by Gasteiger charge is -2.31. The van der Waals surface area contributed by atoms with Crippen molar-refractivity contribution in [3.63, 3.8) is 0 Å². The van der Waals surface area contributed by atoms with E-state index in [1.807, 2.05) is 0 Å². The van der Waals surface area contributed by atoms with E-state index in [9.17, 15) is 0 Å². The first kappa shape index (κ1) is 10.6. The molecule has 1 aliphatic rings. The van der Waals surface area contributed by atoms with E-state index in [2.05, 4.69) is 21.7 Å². The van der Waals surface area contributed by atoms with Crippen molar-refractivity contribution >= 4 is 17.2 Å². The summed E-state index contributed by atoms with van der Waals surface area (Å²) in [6, 6.07) is 2.18. The Hall–Kier alpha value is -0.870. The highest BCUT2D eigenvalue weighted by Crippen LogP contribution is 2.19. The Labute approximate surface area is 94.4 Å². The SMILES string of the molecule is N=C(N)C1CCN(Cc2ccsc2)CC1. The van der Waals surface area contributed by atoms with Crippen molar-refractivity contribution in [3.05, 3.63) is 22.4 Å². The lowest BCUT2D eigenvalue weighted by atomic mass is 9.96. The van der Waals surface area contributed by atoms with Crippen LogP contribution in [-0.4, -0.2) is 23.8 Å². The smallest absolute Gasteiger partial charge is 0.0937 e. The second-order valence-electron chi connectivity index (χ2n) is 4.14. The van der Waals surface area contributed by atoms with Crippen LogP contribution in [0.25, 0.3) is 0 Å². The first-order valence-electron chi connectivity index (χ1n) is 5.33. The summed E-state index contributed by atoms with van der Waals surface area (Å²) in [6.07, 6.45) is 2.08. The van der Waals surface area contributed by atoms with E-state index in [1.54, 1.807) is 11.3 Å². The lowest BCUT2D eigenvalue weighted by molar-refractivity contribution is 0.201. The van der Waals surface area contributed by atoms with Crippen LogP contribution in [-0.2, 0) is 6.54 Å². The van der Waals surface area contributed by atoms with E-state index < -0.39 is 0 Å². The summed E-state index contributed by atoms with van der Waals surface area (Å²) in [6.45, 7) is 3.19. The first-order chi connectivity index (χ1) is 7.25. The van der Waals surface area contributed by atoms with Crippen LogP contribution in [0.5, 0.6) is 0 Å². The minimum Gasteiger partial charge on any atom is -0.387 e. The van der Waals surface area contributed by atoms with Crippen LogP contribution in [0.1, 0.15) is 18.4 Å². The predicted octanol–water partition coefficient (Wildman–Crippen LogP) is 1.90. The zero-order valence-electron chi connectivity index (χ0n) is 8.78. The minimum atomic E-state index is 0.323. The molecule has 15 heavy (non-hydrogen) atoms. The third-order valence-electron chi connectivity index (χ3n) is 3.01. The van der Waals surface area contributed by atoms with Crippen molar-refractivity contribution in [1.29, 1.82) is 5.41 Å². The molecule has 2 rings (SSSR count). The highest BCUT2D eigenvalue weighted by Gasteiger charge is 2.20. The zero-order valence-corrected chi connectivity index (χ0v) is 9.59. The predicted molar refractivity (Wildman–Crippen MR) is 64.2 cm³/mol. The molecule has 1 aromatic heterocycles. The Morgan fingerprint density at radius 2 is 2.27 bits per heavy atom. The van der Waals surface area contributed by atoms with Gasteiger partial charge < -0.3 is 5.73 Å². The fourth-order valence-electron chi connectivity index (χ4n) is 2.04. The normalized spacial score (nSPS) is 19.2. The molecule has 0 spiro atoms. The molecular formula is C11H17N3S. The molecule has 1 saturated heterocycles. The molecule has 0 aromatic carbocycles. The second kappa shape index (κ2) is 4.77. The highest BCUT2D eigenvalue weighted by molar-refractivity contribution is 7.07. The Kier molecular flexibility index (Phi) is 3.38. The third-order valence-corrected chi connectivity index (χ3v) is 3.75. The molecule has 4 heteroatoms. The number of nitrogens with zero attached hydrogens (tertiary/aromatic N) is 1. The summed E-state index contributed by atoms with van der Waals surface area (Å²) in [5, 5.41) is 11.7. The van der Waals surface area contributed by atoms with Gasteiger partial charge in [-0.15, -0.1) is 0 Å². The number of hydrogen-bond donors (Lipinski definition) is 2. The summed E-state index contributed by atoms with van der Waals surface area (Å²) in [5.74, 6) is 0.689. The number of nitrogens with two attached hydrogens (primary N) is 1. The van der Waals surface area contributed by atoms with E-state index in [-0.39, 0.29) is 0 Å². The van der Waals surface area contributed by atoms with Crippen molar-refractivity contribution in [1.82, 2.24) is 4.90 Å². The summed E-state index contributed by atoms with van der Waals surface area (Å²) in [4.78, 5) is 2.45. The molecule has 0 unspecified atom stereocenters. The number of nitrogens with one attached hydrogen (secondary N) is 1. The molecule has 3 nitrogen and oxygen atoms in total. The molecule has 1 fully saturated rings. The van der Waals surface area contributed by atoms with Crippen LogP contribution in [0.2, 0.25) is 0 Å². The molecule has 0 radical (unpaired) electrons. The molecular weight excluding hydrogens is 206 g/mol. The Morgan fingerprint density at radius 3 is 2.80 bits per heavy atom. The second-order valence-corrected chi connectivity index (χ2v) is 4.92. The van der Waals surface area contributed by atoms with Crippen LogP contribution < -0.4 is 5.73 Å². The van der Waals surface area contributed by atoms with Gasteiger partial charge in [0.05, 0.1) is 5.84 Å². The van der Waals surface area contributed by atoms with Crippen LogP contribution in [0.4, 0.5) is 0 Å². The third kappa shape index (κ3) is 2.79. The molecule has 0 amide bonds. The molecule has 82 valence electrons. The van der Waals surface area contributed by atoms with Crippen molar-refractivity contribution in [2.45, 2.75) is 19.4 Å². The van der Waals surface area contributed by atoms with Gasteiger partial charge in [-0.2, -0.15) is 11.3 Å². The van der Waals surface area contributed by atoms with Crippen LogP contribution >= 0.6 is 11.3 Å². The van der Waals surface area contributed by atoms with E-state index in [1.165, 1.54) is 5.56 Å². The Balaban J connectivity index is 1.81. The van der Waals surface area contributed by atoms with Gasteiger partial charge in [0, 0.05) is 12.5 Å². The van der Waals surface area contributed by atoms with E-state index >= 15 is 0 Å². The van der Waals surface area contributed by atoms with E-state index in [0.29, 0.717) is 11.8 Å². The van der Waals surface area contributed by atoms with Crippen LogP contribution in [0.15, 0.2) is 16.8 Å².